The molecule has 3 nitrogen and oxygen atoms in total. The van der Waals surface area contributed by atoms with Gasteiger partial charge in [0.1, 0.15) is 0 Å². The molecular formula is C11H15NO2. The summed E-state index contributed by atoms with van der Waals surface area (Å²) in [6.45, 7) is 2.53. The van der Waals surface area contributed by atoms with Gasteiger partial charge < -0.3 is 10.0 Å². The summed E-state index contributed by atoms with van der Waals surface area (Å²) >= 11 is 0. The molecule has 76 valence electrons. The monoisotopic (exact) mass is 193 g/mol. The minimum absolute atomic E-state index is 0.0840. The minimum atomic E-state index is -0.272. The van der Waals surface area contributed by atoms with E-state index in [-0.39, 0.29) is 18.1 Å². The maximum atomic E-state index is 11.6. The summed E-state index contributed by atoms with van der Waals surface area (Å²) in [5.74, 6) is 5.65. The average molecular weight is 193 g/mol. The Bertz CT molecular complexity index is 315. The highest BCUT2D eigenvalue weighted by Crippen LogP contribution is 2.45. The van der Waals surface area contributed by atoms with Crippen molar-refractivity contribution in [2.24, 2.45) is 5.92 Å². The molecular weight excluding hydrogens is 178 g/mol. The van der Waals surface area contributed by atoms with Crippen molar-refractivity contribution >= 4 is 5.91 Å². The number of likely N-dealkylation sites (tertiary alicyclic amines) is 1. The van der Waals surface area contributed by atoms with Crippen molar-refractivity contribution in [2.45, 2.75) is 31.7 Å². The molecule has 2 unspecified atom stereocenters. The van der Waals surface area contributed by atoms with Crippen molar-refractivity contribution in [1.82, 2.24) is 4.90 Å². The normalized spacial score (nSPS) is 34.1. The molecule has 2 aliphatic rings. The molecule has 0 radical (unpaired) electrons. The predicted molar refractivity (Wildman–Crippen MR) is 52.3 cm³/mol. The Morgan fingerprint density at radius 2 is 2.50 bits per heavy atom. The number of amides is 1. The standard InChI is InChI=1S/C11H15NO2/c1-2-3-10(14)12-7-9-4-5-11(12,6-9)8-13/h9,13H,4-8H2,1H3. The molecule has 0 aromatic rings. The van der Waals surface area contributed by atoms with Gasteiger partial charge in [-0.25, -0.2) is 0 Å². The number of rotatable bonds is 1. The molecule has 2 fully saturated rings. The fourth-order valence-electron chi connectivity index (χ4n) is 2.77. The van der Waals surface area contributed by atoms with E-state index in [2.05, 4.69) is 11.8 Å². The van der Waals surface area contributed by atoms with Gasteiger partial charge in [-0.1, -0.05) is 5.92 Å². The van der Waals surface area contributed by atoms with E-state index < -0.39 is 0 Å². The maximum absolute atomic E-state index is 11.6. The van der Waals surface area contributed by atoms with Crippen LogP contribution in [0.5, 0.6) is 0 Å². The molecule has 1 aliphatic carbocycles. The third-order valence-electron chi connectivity index (χ3n) is 3.47. The van der Waals surface area contributed by atoms with Crippen molar-refractivity contribution in [3.8, 4) is 11.8 Å². The Morgan fingerprint density at radius 3 is 3.07 bits per heavy atom. The lowest BCUT2D eigenvalue weighted by Crippen LogP contribution is -2.50. The zero-order valence-corrected chi connectivity index (χ0v) is 8.42. The van der Waals surface area contributed by atoms with Crippen molar-refractivity contribution < 1.29 is 9.90 Å². The van der Waals surface area contributed by atoms with Gasteiger partial charge in [0.25, 0.3) is 5.91 Å². The molecule has 2 atom stereocenters. The van der Waals surface area contributed by atoms with E-state index >= 15 is 0 Å². The molecule has 1 N–H and O–H groups in total. The Hall–Kier alpha value is -1.01. The first-order valence-corrected chi connectivity index (χ1v) is 5.07. The largest absolute Gasteiger partial charge is 0.394 e. The third kappa shape index (κ3) is 1.22. The van der Waals surface area contributed by atoms with Gasteiger partial charge in [-0.05, 0) is 38.0 Å². The molecule has 0 spiro atoms. The maximum Gasteiger partial charge on any atom is 0.299 e. The molecule has 1 saturated carbocycles. The van der Waals surface area contributed by atoms with E-state index in [9.17, 15) is 9.90 Å². The number of carbonyl (C=O) groups excluding carboxylic acids is 1. The fourth-order valence-corrected chi connectivity index (χ4v) is 2.77. The molecule has 2 bridgehead atoms. The molecule has 3 heteroatoms. The Balaban J connectivity index is 2.20. The first-order valence-electron chi connectivity index (χ1n) is 5.07. The van der Waals surface area contributed by atoms with Gasteiger partial charge in [0.05, 0.1) is 12.1 Å². The second kappa shape index (κ2) is 3.29. The van der Waals surface area contributed by atoms with Crippen molar-refractivity contribution in [1.29, 1.82) is 0 Å². The predicted octanol–water partition coefficient (Wildman–Crippen LogP) is 0.383. The van der Waals surface area contributed by atoms with E-state index in [4.69, 9.17) is 0 Å². The summed E-state index contributed by atoms with van der Waals surface area (Å²) in [4.78, 5) is 13.4. The van der Waals surface area contributed by atoms with Crippen LogP contribution in [-0.2, 0) is 4.79 Å². The lowest BCUT2D eigenvalue weighted by Gasteiger charge is -2.36. The Labute approximate surface area is 84.1 Å². The van der Waals surface area contributed by atoms with Crippen LogP contribution < -0.4 is 0 Å². The van der Waals surface area contributed by atoms with Crippen LogP contribution in [0.15, 0.2) is 0 Å². The van der Waals surface area contributed by atoms with Gasteiger partial charge in [-0.2, -0.15) is 0 Å². The van der Waals surface area contributed by atoms with Crippen LogP contribution in [0.25, 0.3) is 0 Å². The minimum Gasteiger partial charge on any atom is -0.394 e. The fraction of sp³-hybridized carbons (Fsp3) is 0.727. The Kier molecular flexibility index (Phi) is 2.24. The smallest absolute Gasteiger partial charge is 0.299 e. The summed E-state index contributed by atoms with van der Waals surface area (Å²) in [5.41, 5.74) is -0.272. The number of nitrogens with zero attached hydrogens (tertiary/aromatic N) is 1. The lowest BCUT2D eigenvalue weighted by atomic mass is 9.98. The number of piperidine rings is 1. The number of aliphatic hydroxyl groups excluding tert-OH is 1. The summed E-state index contributed by atoms with van der Waals surface area (Å²) < 4.78 is 0. The van der Waals surface area contributed by atoms with E-state index in [0.717, 1.165) is 25.8 Å². The molecule has 2 rings (SSSR count). The van der Waals surface area contributed by atoms with Crippen LogP contribution in [0.3, 0.4) is 0 Å². The molecule has 1 saturated heterocycles. The quantitative estimate of drug-likeness (QED) is 0.612. The highest BCUT2D eigenvalue weighted by Gasteiger charge is 2.51. The molecule has 1 aliphatic heterocycles. The summed E-state index contributed by atoms with van der Waals surface area (Å²) in [7, 11) is 0. The topological polar surface area (TPSA) is 40.5 Å². The van der Waals surface area contributed by atoms with E-state index in [1.165, 1.54) is 0 Å². The second-order valence-corrected chi connectivity index (χ2v) is 4.28. The third-order valence-corrected chi connectivity index (χ3v) is 3.47. The van der Waals surface area contributed by atoms with Crippen LogP contribution in [0, 0.1) is 17.8 Å². The molecule has 0 aromatic heterocycles. The first kappa shape index (κ1) is 9.54. The zero-order valence-electron chi connectivity index (χ0n) is 8.42. The molecule has 0 aromatic carbocycles. The first-order chi connectivity index (χ1) is 6.72. The lowest BCUT2D eigenvalue weighted by molar-refractivity contribution is -0.131. The summed E-state index contributed by atoms with van der Waals surface area (Å²) in [6, 6.07) is 0. The van der Waals surface area contributed by atoms with Crippen molar-refractivity contribution in [2.75, 3.05) is 13.2 Å². The van der Waals surface area contributed by atoms with Gasteiger partial charge >= 0.3 is 0 Å². The van der Waals surface area contributed by atoms with Crippen LogP contribution >= 0.6 is 0 Å². The van der Waals surface area contributed by atoms with Crippen molar-refractivity contribution in [3.05, 3.63) is 0 Å². The highest BCUT2D eigenvalue weighted by molar-refractivity contribution is 5.94. The SMILES string of the molecule is CC#CC(=O)N1CC2CCC1(CO)C2. The van der Waals surface area contributed by atoms with E-state index in [0.29, 0.717) is 5.92 Å². The number of carbonyl (C=O) groups is 1. The van der Waals surface area contributed by atoms with Gasteiger partial charge in [0, 0.05) is 6.54 Å². The number of hydrogen-bond donors (Lipinski definition) is 1. The zero-order chi connectivity index (χ0) is 10.2. The van der Waals surface area contributed by atoms with Gasteiger partial charge in [0.2, 0.25) is 0 Å². The number of hydrogen-bond acceptors (Lipinski definition) is 2. The van der Waals surface area contributed by atoms with Crippen LogP contribution in [0.4, 0.5) is 0 Å². The number of fused-ring (bicyclic) bond motifs is 2. The van der Waals surface area contributed by atoms with Crippen LogP contribution in [-0.4, -0.2) is 34.6 Å². The van der Waals surface area contributed by atoms with E-state index in [1.54, 1.807) is 11.8 Å². The summed E-state index contributed by atoms with van der Waals surface area (Å²) in [5, 5.41) is 9.39. The average Bonchev–Trinajstić information content (AvgIpc) is 2.75. The van der Waals surface area contributed by atoms with Crippen LogP contribution in [0.1, 0.15) is 26.2 Å². The van der Waals surface area contributed by atoms with Crippen molar-refractivity contribution in [3.63, 3.8) is 0 Å². The molecule has 1 heterocycles. The Morgan fingerprint density at radius 1 is 1.71 bits per heavy atom. The van der Waals surface area contributed by atoms with E-state index in [1.807, 2.05) is 0 Å². The highest BCUT2D eigenvalue weighted by atomic mass is 16.3. The van der Waals surface area contributed by atoms with Gasteiger partial charge in [-0.3, -0.25) is 4.79 Å². The van der Waals surface area contributed by atoms with Gasteiger partial charge in [-0.15, -0.1) is 0 Å². The van der Waals surface area contributed by atoms with Gasteiger partial charge in [0.15, 0.2) is 0 Å². The summed E-state index contributed by atoms with van der Waals surface area (Å²) in [6.07, 6.45) is 3.04. The molecule has 1 amide bonds. The number of aliphatic hydroxyl groups is 1. The van der Waals surface area contributed by atoms with Crippen LogP contribution in [0.2, 0.25) is 0 Å². The second-order valence-electron chi connectivity index (χ2n) is 4.28. The molecule has 14 heavy (non-hydrogen) atoms.